The number of rotatable bonds is 6. The van der Waals surface area contributed by atoms with Crippen molar-refractivity contribution in [1.82, 2.24) is 0 Å². The summed E-state index contributed by atoms with van der Waals surface area (Å²) < 4.78 is 9.75. The summed E-state index contributed by atoms with van der Waals surface area (Å²) in [6.07, 6.45) is 3.34. The fourth-order valence-electron chi connectivity index (χ4n) is 1.44. The Balaban J connectivity index is 2.82. The minimum atomic E-state index is -0.495. The first-order valence-electron chi connectivity index (χ1n) is 5.72. The lowest BCUT2D eigenvalue weighted by Gasteiger charge is -2.02. The molecule has 0 saturated heterocycles. The Morgan fingerprint density at radius 1 is 1.42 bits per heavy atom. The second-order valence-corrected chi connectivity index (χ2v) is 3.63. The molecule has 6 heteroatoms. The molecule has 1 aromatic rings. The van der Waals surface area contributed by atoms with Crippen LogP contribution in [0, 0.1) is 10.1 Å². The zero-order valence-corrected chi connectivity index (χ0v) is 10.8. The Hall–Kier alpha value is -2.37. The second-order valence-electron chi connectivity index (χ2n) is 3.63. The van der Waals surface area contributed by atoms with Crippen molar-refractivity contribution >= 4 is 17.7 Å². The summed E-state index contributed by atoms with van der Waals surface area (Å²) in [5.74, 6) is 0.0566. The number of carbonyl (C=O) groups excluding carboxylic acids is 1. The molecule has 1 aromatic carbocycles. The van der Waals surface area contributed by atoms with Crippen molar-refractivity contribution in [2.75, 3.05) is 13.7 Å². The van der Waals surface area contributed by atoms with E-state index in [1.165, 1.54) is 19.2 Å². The smallest absolute Gasteiger partial charge is 0.309 e. The summed E-state index contributed by atoms with van der Waals surface area (Å²) in [5.41, 5.74) is 0.533. The van der Waals surface area contributed by atoms with Crippen molar-refractivity contribution in [3.63, 3.8) is 0 Å². The summed E-state index contributed by atoms with van der Waals surface area (Å²) in [7, 11) is 1.44. The van der Waals surface area contributed by atoms with Crippen molar-refractivity contribution in [2.45, 2.75) is 13.3 Å². The first-order valence-corrected chi connectivity index (χ1v) is 5.72. The number of esters is 1. The topological polar surface area (TPSA) is 78.7 Å². The van der Waals surface area contributed by atoms with Crippen LogP contribution in [0.3, 0.4) is 0 Å². The highest BCUT2D eigenvalue weighted by Gasteiger charge is 2.08. The lowest BCUT2D eigenvalue weighted by Crippen LogP contribution is -2.01. The highest BCUT2D eigenvalue weighted by atomic mass is 16.6. The van der Waals surface area contributed by atoms with E-state index >= 15 is 0 Å². The van der Waals surface area contributed by atoms with Gasteiger partial charge in [-0.3, -0.25) is 14.9 Å². The third kappa shape index (κ3) is 4.79. The Morgan fingerprint density at radius 3 is 2.74 bits per heavy atom. The van der Waals surface area contributed by atoms with Gasteiger partial charge in [0.1, 0.15) is 5.75 Å². The zero-order valence-electron chi connectivity index (χ0n) is 10.8. The molecule has 0 heterocycles. The third-order valence-corrected chi connectivity index (χ3v) is 2.26. The predicted molar refractivity (Wildman–Crippen MR) is 69.9 cm³/mol. The van der Waals surface area contributed by atoms with E-state index in [9.17, 15) is 14.9 Å². The van der Waals surface area contributed by atoms with Gasteiger partial charge < -0.3 is 9.47 Å². The Kier molecular flexibility index (Phi) is 5.53. The maximum Gasteiger partial charge on any atom is 0.309 e. The summed E-state index contributed by atoms with van der Waals surface area (Å²) in [6, 6.07) is 4.39. The van der Waals surface area contributed by atoms with Crippen LogP contribution in [-0.2, 0) is 9.53 Å². The van der Waals surface area contributed by atoms with Crippen molar-refractivity contribution in [3.8, 4) is 5.75 Å². The SMILES string of the molecule is CCOC(=O)CC=Cc1cc(OC)cc([N+](=O)[O-])c1. The van der Waals surface area contributed by atoms with Crippen molar-refractivity contribution < 1.29 is 19.2 Å². The minimum absolute atomic E-state index is 0.0601. The van der Waals surface area contributed by atoms with Crippen LogP contribution in [0.25, 0.3) is 6.08 Å². The van der Waals surface area contributed by atoms with Crippen molar-refractivity contribution in [1.29, 1.82) is 0 Å². The Morgan fingerprint density at radius 2 is 2.16 bits per heavy atom. The molecule has 0 bridgehead atoms. The molecule has 0 N–H and O–H groups in total. The molecule has 6 nitrogen and oxygen atoms in total. The number of benzene rings is 1. The second kappa shape index (κ2) is 7.15. The minimum Gasteiger partial charge on any atom is -0.496 e. The first-order chi connectivity index (χ1) is 9.06. The van der Waals surface area contributed by atoms with Crippen LogP contribution in [0.15, 0.2) is 24.3 Å². The van der Waals surface area contributed by atoms with Crippen LogP contribution < -0.4 is 4.74 Å². The van der Waals surface area contributed by atoms with E-state index in [4.69, 9.17) is 9.47 Å². The third-order valence-electron chi connectivity index (χ3n) is 2.26. The Bertz CT molecular complexity index is 496. The van der Waals surface area contributed by atoms with E-state index in [2.05, 4.69) is 0 Å². The quantitative estimate of drug-likeness (QED) is 0.448. The summed E-state index contributed by atoms with van der Waals surface area (Å²) >= 11 is 0. The molecule has 19 heavy (non-hydrogen) atoms. The number of hydrogen-bond donors (Lipinski definition) is 0. The van der Waals surface area contributed by atoms with E-state index in [0.717, 1.165) is 0 Å². The highest BCUT2D eigenvalue weighted by Crippen LogP contribution is 2.23. The molecule has 1 rings (SSSR count). The van der Waals surface area contributed by atoms with Gasteiger partial charge in [0.25, 0.3) is 5.69 Å². The molecule has 102 valence electrons. The van der Waals surface area contributed by atoms with Gasteiger partial charge in [0.2, 0.25) is 0 Å². The summed E-state index contributed by atoms with van der Waals surface area (Å²) in [6.45, 7) is 2.06. The van der Waals surface area contributed by atoms with Crippen molar-refractivity contribution in [3.05, 3.63) is 40.0 Å². The number of nitro benzene ring substituents is 1. The van der Waals surface area contributed by atoms with E-state index in [0.29, 0.717) is 17.9 Å². The standard InChI is InChI=1S/C13H15NO5/c1-3-19-13(15)6-4-5-10-7-11(14(16)17)9-12(8-10)18-2/h4-5,7-9H,3,6H2,1-2H3. The molecule has 0 saturated carbocycles. The van der Waals surface area contributed by atoms with E-state index < -0.39 is 4.92 Å². The molecule has 0 aromatic heterocycles. The van der Waals surface area contributed by atoms with Crippen molar-refractivity contribution in [2.24, 2.45) is 0 Å². The van der Waals surface area contributed by atoms with Crippen LogP contribution in [0.2, 0.25) is 0 Å². The molecule has 0 atom stereocenters. The molecule has 0 aliphatic carbocycles. The number of methoxy groups -OCH3 is 1. The zero-order chi connectivity index (χ0) is 14.3. The van der Waals surface area contributed by atoms with E-state index in [1.807, 2.05) is 0 Å². The molecule has 0 amide bonds. The van der Waals surface area contributed by atoms with Crippen LogP contribution in [0.5, 0.6) is 5.75 Å². The van der Waals surface area contributed by atoms with Gasteiger partial charge in [-0.25, -0.2) is 0 Å². The monoisotopic (exact) mass is 265 g/mol. The maximum atomic E-state index is 11.1. The van der Waals surface area contributed by atoms with E-state index in [-0.39, 0.29) is 18.1 Å². The van der Waals surface area contributed by atoms with Gasteiger partial charge in [0.15, 0.2) is 0 Å². The molecule has 0 spiro atoms. The lowest BCUT2D eigenvalue weighted by atomic mass is 10.1. The van der Waals surface area contributed by atoms with Crippen LogP contribution in [-0.4, -0.2) is 24.6 Å². The molecular formula is C13H15NO5. The number of carbonyl (C=O) groups is 1. The van der Waals surface area contributed by atoms with Gasteiger partial charge in [0.05, 0.1) is 31.1 Å². The maximum absolute atomic E-state index is 11.1. The molecule has 0 aliphatic heterocycles. The normalized spacial score (nSPS) is 10.4. The fourth-order valence-corrected chi connectivity index (χ4v) is 1.44. The summed E-state index contributed by atoms with van der Waals surface area (Å²) in [4.78, 5) is 21.4. The predicted octanol–water partition coefficient (Wildman–Crippen LogP) is 2.57. The van der Waals surface area contributed by atoms with Crippen LogP contribution in [0.4, 0.5) is 5.69 Å². The molecule has 0 unspecified atom stereocenters. The summed E-state index contributed by atoms with van der Waals surface area (Å²) in [5, 5.41) is 10.7. The lowest BCUT2D eigenvalue weighted by molar-refractivity contribution is -0.384. The van der Waals surface area contributed by atoms with Crippen LogP contribution >= 0.6 is 0 Å². The van der Waals surface area contributed by atoms with Gasteiger partial charge in [0, 0.05) is 6.07 Å². The molecule has 0 radical (unpaired) electrons. The number of nitrogens with zero attached hydrogens (tertiary/aromatic N) is 1. The van der Waals surface area contributed by atoms with Gasteiger partial charge >= 0.3 is 5.97 Å². The van der Waals surface area contributed by atoms with Gasteiger partial charge in [-0.05, 0) is 18.6 Å². The number of nitro groups is 1. The average Bonchev–Trinajstić information content (AvgIpc) is 2.38. The van der Waals surface area contributed by atoms with Gasteiger partial charge in [-0.2, -0.15) is 0 Å². The average molecular weight is 265 g/mol. The Labute approximate surface area is 110 Å². The highest BCUT2D eigenvalue weighted by molar-refractivity contribution is 5.72. The first kappa shape index (κ1) is 14.7. The van der Waals surface area contributed by atoms with Crippen LogP contribution in [0.1, 0.15) is 18.9 Å². The fraction of sp³-hybridized carbons (Fsp3) is 0.308. The number of non-ortho nitro benzene ring substituents is 1. The van der Waals surface area contributed by atoms with Gasteiger partial charge in [-0.1, -0.05) is 12.2 Å². The van der Waals surface area contributed by atoms with Gasteiger partial charge in [-0.15, -0.1) is 0 Å². The molecular weight excluding hydrogens is 250 g/mol. The van der Waals surface area contributed by atoms with E-state index in [1.54, 1.807) is 25.1 Å². The molecule has 0 fully saturated rings. The molecule has 0 aliphatic rings. The number of hydrogen-bond acceptors (Lipinski definition) is 5. The largest absolute Gasteiger partial charge is 0.496 e. The number of ether oxygens (including phenoxy) is 2.